The number of fused-ring (bicyclic) bond motifs is 2. The van der Waals surface area contributed by atoms with E-state index >= 15 is 0 Å². The molecule has 24 heavy (non-hydrogen) atoms. The zero-order valence-electron chi connectivity index (χ0n) is 12.5. The van der Waals surface area contributed by atoms with Crippen molar-refractivity contribution in [1.82, 2.24) is 14.8 Å². The average molecular weight is 360 g/mol. The first kappa shape index (κ1) is 15.3. The molecule has 5 nitrogen and oxygen atoms in total. The van der Waals surface area contributed by atoms with Crippen LogP contribution in [0, 0.1) is 5.82 Å². The van der Waals surface area contributed by atoms with Crippen molar-refractivity contribution in [3.63, 3.8) is 0 Å². The van der Waals surface area contributed by atoms with Gasteiger partial charge in [0.25, 0.3) is 0 Å². The number of rotatable bonds is 3. The molecular formula is C16H13FN4OS2. The molecule has 0 bridgehead atoms. The molecule has 1 amide bonds. The summed E-state index contributed by atoms with van der Waals surface area (Å²) in [6, 6.07) is 4.66. The largest absolute Gasteiger partial charge is 0.297 e. The number of halogens is 1. The van der Waals surface area contributed by atoms with Crippen molar-refractivity contribution in [1.29, 1.82) is 0 Å². The second kappa shape index (κ2) is 6.37. The Morgan fingerprint density at radius 2 is 2.38 bits per heavy atom. The fraction of sp³-hybridized carbons (Fsp3) is 0.188. The second-order valence-corrected chi connectivity index (χ2v) is 7.34. The molecule has 3 heterocycles. The van der Waals surface area contributed by atoms with Crippen LogP contribution in [0.2, 0.25) is 0 Å². The monoisotopic (exact) mass is 360 g/mol. The van der Waals surface area contributed by atoms with Gasteiger partial charge < -0.3 is 0 Å². The lowest BCUT2D eigenvalue weighted by Gasteiger charge is -2.17. The number of hydrazone groups is 1. The molecule has 0 spiro atoms. The van der Waals surface area contributed by atoms with Crippen LogP contribution in [0.25, 0.3) is 4.96 Å². The van der Waals surface area contributed by atoms with E-state index in [2.05, 4.69) is 15.5 Å². The number of aromatic nitrogens is 2. The highest BCUT2D eigenvalue weighted by Crippen LogP contribution is 2.30. The summed E-state index contributed by atoms with van der Waals surface area (Å²) < 4.78 is 15.3. The quantitative estimate of drug-likeness (QED) is 0.730. The normalized spacial score (nSPS) is 15.6. The molecule has 8 heteroatoms. The maximum atomic E-state index is 13.5. The number of benzene rings is 1. The molecule has 0 saturated carbocycles. The Labute approximate surface area is 145 Å². The van der Waals surface area contributed by atoms with Gasteiger partial charge in [0.05, 0.1) is 17.8 Å². The number of hydrogen-bond donors (Lipinski definition) is 1. The Morgan fingerprint density at radius 1 is 1.46 bits per heavy atom. The molecule has 0 unspecified atom stereocenters. The summed E-state index contributed by atoms with van der Waals surface area (Å²) in [5.74, 6) is 0.336. The molecule has 1 aliphatic heterocycles. The molecule has 122 valence electrons. The van der Waals surface area contributed by atoms with Crippen LogP contribution in [-0.2, 0) is 11.2 Å². The van der Waals surface area contributed by atoms with Gasteiger partial charge in [-0.1, -0.05) is 0 Å². The smallest absolute Gasteiger partial charge is 0.246 e. The van der Waals surface area contributed by atoms with Gasteiger partial charge in [0, 0.05) is 40.4 Å². The minimum absolute atomic E-state index is 0.163. The highest BCUT2D eigenvalue weighted by molar-refractivity contribution is 7.99. The standard InChI is InChI=1S/C16H13FN4OS2/c17-10-1-2-14-12(7-10)13(3-5-23-14)19-20-15(22)8-11-9-21-4-6-24-16(21)18-11/h1-2,4,6-7,9H,3,5,8H2,(H,20,22). The van der Waals surface area contributed by atoms with Gasteiger partial charge in [-0.2, -0.15) is 5.10 Å². The molecule has 1 aliphatic rings. The van der Waals surface area contributed by atoms with E-state index in [-0.39, 0.29) is 18.1 Å². The van der Waals surface area contributed by atoms with E-state index in [0.717, 1.165) is 21.2 Å². The lowest BCUT2D eigenvalue weighted by molar-refractivity contribution is -0.120. The fourth-order valence-electron chi connectivity index (χ4n) is 2.56. The maximum absolute atomic E-state index is 13.5. The molecule has 0 atom stereocenters. The molecule has 0 aliphatic carbocycles. The van der Waals surface area contributed by atoms with Gasteiger partial charge in [0.2, 0.25) is 5.91 Å². The summed E-state index contributed by atoms with van der Waals surface area (Å²) in [5.41, 5.74) is 4.74. The third-order valence-corrected chi connectivity index (χ3v) is 5.50. The predicted molar refractivity (Wildman–Crippen MR) is 93.2 cm³/mol. The lowest BCUT2D eigenvalue weighted by atomic mass is 10.1. The summed E-state index contributed by atoms with van der Waals surface area (Å²) in [5, 5.41) is 6.15. The minimum Gasteiger partial charge on any atom is -0.297 e. The van der Waals surface area contributed by atoms with E-state index in [1.165, 1.54) is 23.5 Å². The van der Waals surface area contributed by atoms with Crippen LogP contribution in [0.15, 0.2) is 46.0 Å². The van der Waals surface area contributed by atoms with E-state index in [9.17, 15) is 9.18 Å². The molecule has 4 rings (SSSR count). The molecule has 0 radical (unpaired) electrons. The number of thioether (sulfide) groups is 1. The summed E-state index contributed by atoms with van der Waals surface area (Å²) >= 11 is 3.19. The Kier molecular flexibility index (Phi) is 4.07. The van der Waals surface area contributed by atoms with E-state index in [4.69, 9.17) is 0 Å². The van der Waals surface area contributed by atoms with Gasteiger partial charge in [-0.15, -0.1) is 23.1 Å². The molecule has 2 aromatic heterocycles. The molecular weight excluding hydrogens is 347 g/mol. The van der Waals surface area contributed by atoms with Crippen LogP contribution in [0.3, 0.4) is 0 Å². The van der Waals surface area contributed by atoms with Gasteiger partial charge in [-0.3, -0.25) is 9.20 Å². The van der Waals surface area contributed by atoms with Gasteiger partial charge in [-0.05, 0) is 18.2 Å². The topological polar surface area (TPSA) is 58.8 Å². The first-order valence-corrected chi connectivity index (χ1v) is 9.25. The van der Waals surface area contributed by atoms with Crippen molar-refractivity contribution in [2.45, 2.75) is 17.7 Å². The number of imidazole rings is 1. The van der Waals surface area contributed by atoms with Crippen LogP contribution in [0.1, 0.15) is 17.7 Å². The predicted octanol–water partition coefficient (Wildman–Crippen LogP) is 3.09. The molecule has 0 fully saturated rings. The Balaban J connectivity index is 1.48. The van der Waals surface area contributed by atoms with E-state index in [1.54, 1.807) is 17.8 Å². The Bertz CT molecular complexity index is 918. The third kappa shape index (κ3) is 3.07. The first-order valence-electron chi connectivity index (χ1n) is 7.38. The molecule has 1 aromatic carbocycles. The van der Waals surface area contributed by atoms with Crippen LogP contribution >= 0.6 is 23.1 Å². The average Bonchev–Trinajstić information content (AvgIpc) is 3.14. The lowest BCUT2D eigenvalue weighted by Crippen LogP contribution is -2.23. The van der Waals surface area contributed by atoms with Crippen LogP contribution < -0.4 is 5.43 Å². The number of thiazole rings is 1. The summed E-state index contributed by atoms with van der Waals surface area (Å²) in [6.07, 6.45) is 4.60. The van der Waals surface area contributed by atoms with Crippen molar-refractivity contribution < 1.29 is 9.18 Å². The van der Waals surface area contributed by atoms with Crippen LogP contribution in [-0.4, -0.2) is 26.8 Å². The number of hydrogen-bond acceptors (Lipinski definition) is 5. The van der Waals surface area contributed by atoms with E-state index < -0.39 is 0 Å². The Morgan fingerprint density at radius 3 is 3.25 bits per heavy atom. The highest BCUT2D eigenvalue weighted by Gasteiger charge is 2.17. The van der Waals surface area contributed by atoms with Gasteiger partial charge in [-0.25, -0.2) is 14.8 Å². The molecule has 1 N–H and O–H groups in total. The minimum atomic E-state index is -0.298. The van der Waals surface area contributed by atoms with Crippen molar-refractivity contribution in [3.8, 4) is 0 Å². The van der Waals surface area contributed by atoms with Gasteiger partial charge in [0.15, 0.2) is 4.96 Å². The van der Waals surface area contributed by atoms with Crippen molar-refractivity contribution in [2.24, 2.45) is 5.10 Å². The highest BCUT2D eigenvalue weighted by atomic mass is 32.2. The number of nitrogens with one attached hydrogen (secondary N) is 1. The summed E-state index contributed by atoms with van der Waals surface area (Å²) in [4.78, 5) is 18.3. The second-order valence-electron chi connectivity index (χ2n) is 5.33. The van der Waals surface area contributed by atoms with Crippen LogP contribution in [0.4, 0.5) is 4.39 Å². The summed E-state index contributed by atoms with van der Waals surface area (Å²) in [7, 11) is 0. The van der Waals surface area contributed by atoms with E-state index in [1.807, 2.05) is 22.2 Å². The summed E-state index contributed by atoms with van der Waals surface area (Å²) in [6.45, 7) is 0. The number of carbonyl (C=O) groups excluding carboxylic acids is 1. The number of nitrogens with zero attached hydrogens (tertiary/aromatic N) is 3. The maximum Gasteiger partial charge on any atom is 0.246 e. The fourth-order valence-corrected chi connectivity index (χ4v) is 4.29. The van der Waals surface area contributed by atoms with Crippen molar-refractivity contribution in [3.05, 3.63) is 53.0 Å². The zero-order valence-corrected chi connectivity index (χ0v) is 14.2. The molecule has 0 saturated heterocycles. The third-order valence-electron chi connectivity index (χ3n) is 3.65. The van der Waals surface area contributed by atoms with E-state index in [0.29, 0.717) is 17.8 Å². The molecule has 3 aromatic rings. The van der Waals surface area contributed by atoms with Crippen LogP contribution in [0.5, 0.6) is 0 Å². The van der Waals surface area contributed by atoms with Crippen molar-refractivity contribution in [2.75, 3.05) is 5.75 Å². The zero-order chi connectivity index (χ0) is 16.5. The van der Waals surface area contributed by atoms with Crippen molar-refractivity contribution >= 4 is 39.7 Å². The van der Waals surface area contributed by atoms with Gasteiger partial charge >= 0.3 is 0 Å². The Hall–Kier alpha value is -2.19. The SMILES string of the molecule is O=C(Cc1cn2ccsc2n1)NN=C1CCSc2ccc(F)cc21. The van der Waals surface area contributed by atoms with Gasteiger partial charge in [0.1, 0.15) is 5.82 Å². The first-order chi connectivity index (χ1) is 11.7. The number of carbonyl (C=O) groups is 1. The number of amides is 1.